The Bertz CT molecular complexity index is 1350. The first-order chi connectivity index (χ1) is 20.8. The summed E-state index contributed by atoms with van der Waals surface area (Å²) in [5, 5.41) is 0. The van der Waals surface area contributed by atoms with Crippen LogP contribution in [0.25, 0.3) is 0 Å². The van der Waals surface area contributed by atoms with Gasteiger partial charge in [0.25, 0.3) is 0 Å². The Morgan fingerprint density at radius 1 is 0.190 bits per heavy atom. The third kappa shape index (κ3) is 1.54. The van der Waals surface area contributed by atoms with Crippen molar-refractivity contribution in [3.63, 3.8) is 0 Å². The minimum atomic E-state index is -0.363. The van der Waals surface area contributed by atoms with Gasteiger partial charge in [0.15, 0.2) is 0 Å². The molecule has 0 spiro atoms. The molecule has 0 bridgehead atoms. The molecule has 0 radical (unpaired) electrons. The van der Waals surface area contributed by atoms with E-state index < -0.39 is 0 Å². The van der Waals surface area contributed by atoms with Crippen molar-refractivity contribution < 1.29 is 4.39 Å². The lowest BCUT2D eigenvalue weighted by atomic mass is 9.43. The quantitative estimate of drug-likeness (QED) is 0.290. The highest BCUT2D eigenvalue weighted by Crippen LogP contribution is 2.94. The van der Waals surface area contributed by atoms with Crippen LogP contribution in [0.5, 0.6) is 0 Å². The maximum Gasteiger partial charge on any atom is 0.107 e. The van der Waals surface area contributed by atoms with Gasteiger partial charge in [0.1, 0.15) is 6.17 Å². The Kier molecular flexibility index (Phi) is 2.84. The summed E-state index contributed by atoms with van der Waals surface area (Å²) in [6.07, 6.45) is 12.7. The van der Waals surface area contributed by atoms with E-state index in [2.05, 4.69) is 0 Å². The number of halogens is 1. The molecule has 220 valence electrons. The molecule has 0 aromatic heterocycles. The lowest BCUT2D eigenvalue weighted by molar-refractivity contribution is -0.148. The molecule has 42 heavy (non-hydrogen) atoms. The minimum Gasteiger partial charge on any atom is -0.247 e. The van der Waals surface area contributed by atoms with E-state index in [0.29, 0.717) is 11.8 Å². The normalized spacial score (nSPS) is 89.5. The van der Waals surface area contributed by atoms with Crippen molar-refractivity contribution in [3.8, 4) is 0 Å². The topological polar surface area (TPSA) is 0 Å². The first-order valence-corrected chi connectivity index (χ1v) is 20.5. The van der Waals surface area contributed by atoms with Gasteiger partial charge in [0, 0.05) is 0 Å². The molecule has 30 atom stereocenters. The van der Waals surface area contributed by atoms with Gasteiger partial charge in [0.05, 0.1) is 0 Å². The molecule has 0 heterocycles. The van der Waals surface area contributed by atoms with Gasteiger partial charge in [-0.2, -0.15) is 0 Å². The largest absolute Gasteiger partial charge is 0.247 e. The molecule has 17 rings (SSSR count). The fraction of sp³-hybridized carbons (Fsp3) is 1.00. The van der Waals surface area contributed by atoms with Crippen LogP contribution in [0.3, 0.4) is 0 Å². The van der Waals surface area contributed by atoms with Crippen molar-refractivity contribution >= 4 is 0 Å². The van der Waals surface area contributed by atoms with E-state index in [-0.39, 0.29) is 6.17 Å². The monoisotopic (exact) mass is 560 g/mol. The van der Waals surface area contributed by atoms with Crippen LogP contribution in [-0.4, -0.2) is 6.17 Å². The Hall–Kier alpha value is -0.0700. The molecule has 17 aliphatic rings. The smallest absolute Gasteiger partial charge is 0.107 e. The highest BCUT2D eigenvalue weighted by molar-refractivity contribution is 5.37. The van der Waals surface area contributed by atoms with Gasteiger partial charge in [-0.1, -0.05) is 0 Å². The molecular formula is C41H49F. The maximum atomic E-state index is 16.5. The van der Waals surface area contributed by atoms with E-state index in [1.54, 1.807) is 51.4 Å². The fourth-order valence-corrected chi connectivity index (χ4v) is 25.7. The number of alkyl halides is 1. The highest BCUT2D eigenvalue weighted by atomic mass is 19.1. The Balaban J connectivity index is 1.04. The summed E-state index contributed by atoms with van der Waals surface area (Å²) in [4.78, 5) is 0. The summed E-state index contributed by atoms with van der Waals surface area (Å²) >= 11 is 0. The minimum absolute atomic E-state index is 0.363. The summed E-state index contributed by atoms with van der Waals surface area (Å²) in [7, 11) is 0. The lowest BCUT2D eigenvalue weighted by Gasteiger charge is -2.61. The van der Waals surface area contributed by atoms with Crippen molar-refractivity contribution in [2.75, 3.05) is 0 Å². The van der Waals surface area contributed by atoms with Crippen molar-refractivity contribution in [2.45, 2.75) is 57.5 Å². The number of hydrogen-bond donors (Lipinski definition) is 0. The summed E-state index contributed by atoms with van der Waals surface area (Å²) in [5.74, 6) is 34.8. The van der Waals surface area contributed by atoms with E-state index >= 15 is 4.39 Å². The van der Waals surface area contributed by atoms with Crippen LogP contribution >= 0.6 is 0 Å². The third-order valence-corrected chi connectivity index (χ3v) is 23.9. The molecule has 17 saturated carbocycles. The van der Waals surface area contributed by atoms with Crippen LogP contribution in [-0.2, 0) is 0 Å². The van der Waals surface area contributed by atoms with Crippen LogP contribution in [0.2, 0.25) is 0 Å². The predicted octanol–water partition coefficient (Wildman–Crippen LogP) is 7.39. The zero-order chi connectivity index (χ0) is 25.7. The molecule has 30 unspecified atom stereocenters. The first kappa shape index (κ1) is 20.9. The first-order valence-electron chi connectivity index (χ1n) is 20.5. The van der Waals surface area contributed by atoms with Gasteiger partial charge in [-0.05, 0) is 241 Å². The molecule has 0 aromatic rings. The van der Waals surface area contributed by atoms with E-state index in [1.807, 2.05) is 0 Å². The Morgan fingerprint density at radius 2 is 0.357 bits per heavy atom. The van der Waals surface area contributed by atoms with Crippen LogP contribution in [0, 0.1) is 189 Å². The van der Waals surface area contributed by atoms with Crippen LogP contribution < -0.4 is 0 Å². The predicted molar refractivity (Wildman–Crippen MR) is 154 cm³/mol. The lowest BCUT2D eigenvalue weighted by Crippen LogP contribution is -2.58. The van der Waals surface area contributed by atoms with Crippen LogP contribution in [0.1, 0.15) is 51.4 Å². The zero-order valence-electron chi connectivity index (χ0n) is 25.1. The van der Waals surface area contributed by atoms with Gasteiger partial charge in [-0.25, -0.2) is 4.39 Å². The van der Waals surface area contributed by atoms with E-state index in [0.717, 1.165) is 107 Å². The summed E-state index contributed by atoms with van der Waals surface area (Å²) in [6, 6.07) is 0. The fourth-order valence-electron chi connectivity index (χ4n) is 25.7. The molecule has 0 saturated heterocycles. The Labute approximate surface area is 250 Å². The molecule has 1 heteroatoms. The number of fused-ring (bicyclic) bond motifs is 8. The van der Waals surface area contributed by atoms with Crippen LogP contribution in [0.4, 0.5) is 4.39 Å². The van der Waals surface area contributed by atoms with Crippen molar-refractivity contribution in [1.82, 2.24) is 0 Å². The highest BCUT2D eigenvalue weighted by Gasteiger charge is 2.90. The molecule has 0 amide bonds. The third-order valence-electron chi connectivity index (χ3n) is 23.9. The van der Waals surface area contributed by atoms with Crippen molar-refractivity contribution in [3.05, 3.63) is 0 Å². The van der Waals surface area contributed by atoms with Crippen LogP contribution in [0.15, 0.2) is 0 Å². The van der Waals surface area contributed by atoms with Gasteiger partial charge in [-0.15, -0.1) is 0 Å². The van der Waals surface area contributed by atoms with Gasteiger partial charge in [0.2, 0.25) is 0 Å². The molecule has 17 fully saturated rings. The molecule has 0 aromatic carbocycles. The van der Waals surface area contributed by atoms with Crippen molar-refractivity contribution in [1.29, 1.82) is 0 Å². The molecule has 17 aliphatic carbocycles. The average Bonchev–Trinajstić information content (AvgIpc) is 3.60. The second-order valence-corrected chi connectivity index (χ2v) is 21.9. The van der Waals surface area contributed by atoms with Crippen molar-refractivity contribution in [2.24, 2.45) is 189 Å². The van der Waals surface area contributed by atoms with Gasteiger partial charge < -0.3 is 0 Å². The summed E-state index contributed by atoms with van der Waals surface area (Å²) in [5.41, 5.74) is 0. The second-order valence-electron chi connectivity index (χ2n) is 21.9. The summed E-state index contributed by atoms with van der Waals surface area (Å²) < 4.78 is 16.5. The van der Waals surface area contributed by atoms with E-state index in [1.165, 1.54) is 71.0 Å². The SMILES string of the molecule is FC1C2C1C1C3CCC4C5CCC6C7CCC8C9CCC%10C2C2C1C1C3C4C3C5C6C4C7C8C5C9C%10C2C2C5C4C3C12. The maximum absolute atomic E-state index is 16.5. The summed E-state index contributed by atoms with van der Waals surface area (Å²) in [6.45, 7) is 0. The number of rotatable bonds is 0. The zero-order valence-corrected chi connectivity index (χ0v) is 25.1. The van der Waals surface area contributed by atoms with E-state index in [4.69, 9.17) is 0 Å². The molecule has 0 N–H and O–H groups in total. The second kappa shape index (κ2) is 5.71. The van der Waals surface area contributed by atoms with Gasteiger partial charge >= 0.3 is 0 Å². The molecular weight excluding hydrogens is 511 g/mol. The number of hydrogen-bond acceptors (Lipinski definition) is 0. The standard InChI is InChI=1S/C41H49F/c42-41-39-25-15-7-5-13-11-3-1-9-10-2-4-12-14-6-8-16-24-22(14)29-20(12)18(10)27-17(9)19(11)28-21(13)23(15)30-32(25)33(26(16)40(39)41)31(24)38-36(29)34(27)35(28)37(30)38/h9-41H,1-8H2. The average molecular weight is 561 g/mol. The Morgan fingerprint density at radius 3 is 0.643 bits per heavy atom. The molecule has 0 nitrogen and oxygen atoms in total. The van der Waals surface area contributed by atoms with E-state index in [9.17, 15) is 0 Å². The molecule has 0 aliphatic heterocycles. The van der Waals surface area contributed by atoms with Gasteiger partial charge in [-0.3, -0.25) is 0 Å².